The second-order valence-electron chi connectivity index (χ2n) is 7.35. The summed E-state index contributed by atoms with van der Waals surface area (Å²) in [5.74, 6) is 0.316. The SMILES string of the molecule is Cc1cccc(CN2CCC3(CCN(Cc4cccnc4)C3=O)C2)n1. The second kappa shape index (κ2) is 6.56. The molecule has 1 unspecified atom stereocenters. The third-order valence-electron chi connectivity index (χ3n) is 5.46. The fourth-order valence-electron chi connectivity index (χ4n) is 4.14. The van der Waals surface area contributed by atoms with Gasteiger partial charge in [0.25, 0.3) is 0 Å². The Hall–Kier alpha value is -2.27. The topological polar surface area (TPSA) is 49.3 Å². The monoisotopic (exact) mass is 336 g/mol. The minimum absolute atomic E-state index is 0.188. The van der Waals surface area contributed by atoms with E-state index in [1.54, 1.807) is 6.20 Å². The van der Waals surface area contributed by atoms with Crippen molar-refractivity contribution in [3.63, 3.8) is 0 Å². The minimum Gasteiger partial charge on any atom is -0.338 e. The van der Waals surface area contributed by atoms with E-state index in [0.29, 0.717) is 12.5 Å². The van der Waals surface area contributed by atoms with Crippen molar-refractivity contribution in [3.8, 4) is 0 Å². The number of carbonyl (C=O) groups excluding carboxylic acids is 1. The van der Waals surface area contributed by atoms with Crippen LogP contribution in [0.4, 0.5) is 0 Å². The van der Waals surface area contributed by atoms with Gasteiger partial charge in [0.2, 0.25) is 5.91 Å². The van der Waals surface area contributed by atoms with Crippen molar-refractivity contribution in [2.24, 2.45) is 5.41 Å². The molecular weight excluding hydrogens is 312 g/mol. The first-order valence-electron chi connectivity index (χ1n) is 8.98. The number of hydrogen-bond donors (Lipinski definition) is 0. The van der Waals surface area contributed by atoms with Crippen LogP contribution < -0.4 is 0 Å². The summed E-state index contributed by atoms with van der Waals surface area (Å²) in [6, 6.07) is 10.1. The number of likely N-dealkylation sites (tertiary alicyclic amines) is 2. The maximum absolute atomic E-state index is 13.0. The van der Waals surface area contributed by atoms with Crippen LogP contribution in [0.5, 0.6) is 0 Å². The van der Waals surface area contributed by atoms with Gasteiger partial charge in [0.1, 0.15) is 0 Å². The number of nitrogens with zero attached hydrogens (tertiary/aromatic N) is 4. The number of hydrogen-bond acceptors (Lipinski definition) is 4. The molecule has 5 heteroatoms. The Morgan fingerprint density at radius 1 is 1.12 bits per heavy atom. The van der Waals surface area contributed by atoms with E-state index in [-0.39, 0.29) is 5.41 Å². The van der Waals surface area contributed by atoms with E-state index < -0.39 is 0 Å². The van der Waals surface area contributed by atoms with E-state index in [0.717, 1.165) is 56.0 Å². The van der Waals surface area contributed by atoms with Crippen LogP contribution >= 0.6 is 0 Å². The predicted octanol–water partition coefficient (Wildman–Crippen LogP) is 2.41. The van der Waals surface area contributed by atoms with Gasteiger partial charge in [0.15, 0.2) is 0 Å². The van der Waals surface area contributed by atoms with Gasteiger partial charge in [-0.1, -0.05) is 12.1 Å². The van der Waals surface area contributed by atoms with Crippen LogP contribution in [0.1, 0.15) is 29.8 Å². The molecule has 2 fully saturated rings. The Kier molecular flexibility index (Phi) is 4.25. The third-order valence-corrected chi connectivity index (χ3v) is 5.46. The predicted molar refractivity (Wildman–Crippen MR) is 95.6 cm³/mol. The van der Waals surface area contributed by atoms with Crippen molar-refractivity contribution >= 4 is 5.91 Å². The molecule has 0 N–H and O–H groups in total. The Morgan fingerprint density at radius 2 is 2.00 bits per heavy atom. The summed E-state index contributed by atoms with van der Waals surface area (Å²) < 4.78 is 0. The molecule has 5 nitrogen and oxygen atoms in total. The second-order valence-corrected chi connectivity index (χ2v) is 7.35. The van der Waals surface area contributed by atoms with E-state index in [1.165, 1.54) is 0 Å². The van der Waals surface area contributed by atoms with Crippen LogP contribution in [0.25, 0.3) is 0 Å². The Bertz CT molecular complexity index is 763. The van der Waals surface area contributed by atoms with Gasteiger partial charge in [-0.15, -0.1) is 0 Å². The molecule has 2 aliphatic heterocycles. The number of amides is 1. The zero-order valence-electron chi connectivity index (χ0n) is 14.7. The molecule has 0 bridgehead atoms. The van der Waals surface area contributed by atoms with Crippen LogP contribution in [0.15, 0.2) is 42.7 Å². The van der Waals surface area contributed by atoms with Gasteiger partial charge in [-0.25, -0.2) is 0 Å². The first-order valence-corrected chi connectivity index (χ1v) is 8.98. The van der Waals surface area contributed by atoms with Crippen molar-refractivity contribution in [3.05, 3.63) is 59.7 Å². The Labute approximate surface area is 148 Å². The molecule has 4 heterocycles. The summed E-state index contributed by atoms with van der Waals surface area (Å²) in [5, 5.41) is 0. The quantitative estimate of drug-likeness (QED) is 0.860. The molecule has 2 saturated heterocycles. The van der Waals surface area contributed by atoms with E-state index in [9.17, 15) is 4.79 Å². The van der Waals surface area contributed by atoms with Crippen LogP contribution in [0, 0.1) is 12.3 Å². The number of rotatable bonds is 4. The van der Waals surface area contributed by atoms with Gasteiger partial charge in [0.05, 0.1) is 11.1 Å². The summed E-state index contributed by atoms with van der Waals surface area (Å²) in [4.78, 5) is 26.2. The minimum atomic E-state index is -0.188. The molecule has 25 heavy (non-hydrogen) atoms. The fourth-order valence-corrected chi connectivity index (χ4v) is 4.14. The zero-order valence-corrected chi connectivity index (χ0v) is 14.7. The lowest BCUT2D eigenvalue weighted by molar-refractivity contribution is -0.136. The van der Waals surface area contributed by atoms with E-state index in [1.807, 2.05) is 36.2 Å². The van der Waals surface area contributed by atoms with Gasteiger partial charge >= 0.3 is 0 Å². The average molecular weight is 336 g/mol. The number of pyridine rings is 2. The molecule has 0 saturated carbocycles. The standard InChI is InChI=1S/C20H24N4O/c1-16-4-2-6-18(22-16)14-23-10-7-20(15-23)8-11-24(19(20)25)13-17-5-3-9-21-12-17/h2-6,9,12H,7-8,10-11,13-15H2,1H3. The molecule has 4 rings (SSSR count). The van der Waals surface area contributed by atoms with Gasteiger partial charge in [-0.05, 0) is 50.1 Å². The van der Waals surface area contributed by atoms with E-state index in [2.05, 4.69) is 27.0 Å². The molecule has 1 spiro atoms. The highest BCUT2D eigenvalue weighted by Crippen LogP contribution is 2.41. The highest BCUT2D eigenvalue weighted by molar-refractivity contribution is 5.85. The third kappa shape index (κ3) is 3.29. The highest BCUT2D eigenvalue weighted by Gasteiger charge is 2.50. The molecule has 2 aromatic rings. The van der Waals surface area contributed by atoms with Crippen LogP contribution in [0.2, 0.25) is 0 Å². The Balaban J connectivity index is 1.41. The fraction of sp³-hybridized carbons (Fsp3) is 0.450. The molecule has 0 aliphatic carbocycles. The highest BCUT2D eigenvalue weighted by atomic mass is 16.2. The maximum atomic E-state index is 13.0. The first kappa shape index (κ1) is 16.2. The maximum Gasteiger partial charge on any atom is 0.230 e. The normalized spacial score (nSPS) is 23.7. The molecule has 2 aliphatic rings. The van der Waals surface area contributed by atoms with Crippen LogP contribution in [-0.4, -0.2) is 45.3 Å². The van der Waals surface area contributed by atoms with Crippen molar-refractivity contribution in [1.29, 1.82) is 0 Å². The van der Waals surface area contributed by atoms with Crippen molar-refractivity contribution in [2.45, 2.75) is 32.9 Å². The summed E-state index contributed by atoms with van der Waals surface area (Å²) in [7, 11) is 0. The van der Waals surface area contributed by atoms with Gasteiger partial charge < -0.3 is 4.90 Å². The summed E-state index contributed by atoms with van der Waals surface area (Å²) >= 11 is 0. The van der Waals surface area contributed by atoms with Crippen LogP contribution in [-0.2, 0) is 17.9 Å². The molecular formula is C20H24N4O. The molecule has 1 amide bonds. The molecule has 0 radical (unpaired) electrons. The molecule has 2 aromatic heterocycles. The van der Waals surface area contributed by atoms with Gasteiger partial charge in [0, 0.05) is 44.3 Å². The summed E-state index contributed by atoms with van der Waals surface area (Å²) in [5.41, 5.74) is 3.05. The smallest absolute Gasteiger partial charge is 0.230 e. The number of carbonyl (C=O) groups is 1. The Morgan fingerprint density at radius 3 is 2.80 bits per heavy atom. The first-order chi connectivity index (χ1) is 12.1. The van der Waals surface area contributed by atoms with E-state index >= 15 is 0 Å². The van der Waals surface area contributed by atoms with Gasteiger partial charge in [-0.2, -0.15) is 0 Å². The van der Waals surface area contributed by atoms with Crippen molar-refractivity contribution in [2.75, 3.05) is 19.6 Å². The van der Waals surface area contributed by atoms with E-state index in [4.69, 9.17) is 0 Å². The molecule has 1 atom stereocenters. The molecule has 130 valence electrons. The average Bonchev–Trinajstić information content (AvgIpc) is 3.15. The largest absolute Gasteiger partial charge is 0.338 e. The summed E-state index contributed by atoms with van der Waals surface area (Å²) in [6.45, 7) is 6.20. The molecule has 0 aromatic carbocycles. The van der Waals surface area contributed by atoms with Crippen molar-refractivity contribution in [1.82, 2.24) is 19.8 Å². The summed E-state index contributed by atoms with van der Waals surface area (Å²) in [6.07, 6.45) is 5.54. The lowest BCUT2D eigenvalue weighted by atomic mass is 9.85. The van der Waals surface area contributed by atoms with Crippen LogP contribution in [0.3, 0.4) is 0 Å². The number of aromatic nitrogens is 2. The zero-order chi connectivity index (χ0) is 17.3. The van der Waals surface area contributed by atoms with Crippen molar-refractivity contribution < 1.29 is 4.79 Å². The van der Waals surface area contributed by atoms with Gasteiger partial charge in [-0.3, -0.25) is 19.7 Å². The number of aryl methyl sites for hydroxylation is 1. The lowest BCUT2D eigenvalue weighted by Gasteiger charge is -2.23. The lowest BCUT2D eigenvalue weighted by Crippen LogP contribution is -2.36.